The molecule has 0 aromatic carbocycles. The van der Waals surface area contributed by atoms with Crippen molar-refractivity contribution in [3.05, 3.63) is 0 Å². The summed E-state index contributed by atoms with van der Waals surface area (Å²) in [5.41, 5.74) is 0. The van der Waals surface area contributed by atoms with Crippen LogP contribution in [0.1, 0.15) is 0 Å². The molecule has 4 heteroatoms. The molecule has 50 valence electrons. The Labute approximate surface area is 65.4 Å². The second kappa shape index (κ2) is 15.7. The standard InChI is InChI=1S/C3H9P.3ClH/c1-4(2)3;;;/h1-3H3;3*1H. The summed E-state index contributed by atoms with van der Waals surface area (Å²) >= 11 is 0. The first-order chi connectivity index (χ1) is 1.73. The minimum absolute atomic E-state index is 0. The summed E-state index contributed by atoms with van der Waals surface area (Å²) in [6, 6.07) is 0. The van der Waals surface area contributed by atoms with Crippen LogP contribution in [0.3, 0.4) is 0 Å². The molecular formula is C3H12Cl3P. The maximum absolute atomic E-state index is 2.23. The molecular weight excluding hydrogens is 173 g/mol. The first-order valence-electron chi connectivity index (χ1n) is 1.34. The van der Waals surface area contributed by atoms with Gasteiger partial charge in [-0.05, 0) is 20.0 Å². The monoisotopic (exact) mass is 184 g/mol. The van der Waals surface area contributed by atoms with E-state index in [1.165, 1.54) is 0 Å². The van der Waals surface area contributed by atoms with Crippen LogP contribution in [0.5, 0.6) is 0 Å². The van der Waals surface area contributed by atoms with Crippen LogP contribution in [0, 0.1) is 0 Å². The molecule has 0 aliphatic heterocycles. The number of hydrogen-bond donors (Lipinski definition) is 0. The van der Waals surface area contributed by atoms with Crippen LogP contribution in [0.15, 0.2) is 0 Å². The van der Waals surface area contributed by atoms with Gasteiger partial charge in [0.25, 0.3) is 0 Å². The molecule has 0 aromatic rings. The largest absolute Gasteiger partial charge is 0.147 e. The second-order valence-electron chi connectivity index (χ2n) is 1.34. The van der Waals surface area contributed by atoms with E-state index in [0.717, 1.165) is 0 Å². The van der Waals surface area contributed by atoms with E-state index in [2.05, 4.69) is 20.0 Å². The average Bonchev–Trinajstić information content (AvgIpc) is 0.811. The smallest absolute Gasteiger partial charge is 0.0449 e. The topological polar surface area (TPSA) is 0 Å². The Morgan fingerprint density at radius 3 is 0.714 bits per heavy atom. The van der Waals surface area contributed by atoms with Crippen LogP contribution in [-0.2, 0) is 0 Å². The van der Waals surface area contributed by atoms with Crippen LogP contribution in [0.2, 0.25) is 0 Å². The molecule has 0 saturated heterocycles. The van der Waals surface area contributed by atoms with Gasteiger partial charge in [0.1, 0.15) is 0 Å². The lowest BCUT2D eigenvalue weighted by atomic mass is 11.9. The third-order valence-electron chi connectivity index (χ3n) is 0. The molecule has 0 spiro atoms. The molecule has 0 fully saturated rings. The number of hydrogen-bond acceptors (Lipinski definition) is 0. The van der Waals surface area contributed by atoms with Crippen molar-refractivity contribution in [3.63, 3.8) is 0 Å². The Hall–Kier alpha value is 1.30. The zero-order chi connectivity index (χ0) is 3.58. The fourth-order valence-electron chi connectivity index (χ4n) is 0. The van der Waals surface area contributed by atoms with Crippen molar-refractivity contribution in [3.8, 4) is 0 Å². The third kappa shape index (κ3) is 121. The van der Waals surface area contributed by atoms with Gasteiger partial charge in [-0.2, -0.15) is 0 Å². The zero-order valence-electron chi connectivity index (χ0n) is 4.67. The molecule has 0 unspecified atom stereocenters. The molecule has 0 amide bonds. The summed E-state index contributed by atoms with van der Waals surface area (Å²) in [6.45, 7) is 6.69. The van der Waals surface area contributed by atoms with E-state index in [-0.39, 0.29) is 37.2 Å². The van der Waals surface area contributed by atoms with Crippen LogP contribution >= 0.6 is 45.1 Å². The quantitative estimate of drug-likeness (QED) is 0.509. The lowest BCUT2D eigenvalue weighted by Gasteiger charge is -1.81. The highest BCUT2D eigenvalue weighted by atomic mass is 35.5. The fraction of sp³-hybridized carbons (Fsp3) is 1.00. The van der Waals surface area contributed by atoms with Crippen molar-refractivity contribution in [2.75, 3.05) is 20.0 Å². The van der Waals surface area contributed by atoms with Crippen LogP contribution in [0.25, 0.3) is 0 Å². The van der Waals surface area contributed by atoms with E-state index < -0.39 is 0 Å². The van der Waals surface area contributed by atoms with Crippen molar-refractivity contribution in [2.24, 2.45) is 0 Å². The third-order valence-corrected chi connectivity index (χ3v) is 0. The highest BCUT2D eigenvalue weighted by Gasteiger charge is 1.65. The van der Waals surface area contributed by atoms with Gasteiger partial charge in [0.15, 0.2) is 0 Å². The molecule has 0 saturated carbocycles. The molecule has 7 heavy (non-hydrogen) atoms. The van der Waals surface area contributed by atoms with Gasteiger partial charge in [-0.3, -0.25) is 0 Å². The van der Waals surface area contributed by atoms with Gasteiger partial charge >= 0.3 is 0 Å². The van der Waals surface area contributed by atoms with Crippen LogP contribution < -0.4 is 0 Å². The van der Waals surface area contributed by atoms with Gasteiger partial charge < -0.3 is 0 Å². The number of rotatable bonds is 0. The molecule has 0 bridgehead atoms. The summed E-state index contributed by atoms with van der Waals surface area (Å²) in [7, 11) is 0.380. The summed E-state index contributed by atoms with van der Waals surface area (Å²) in [6.07, 6.45) is 0. The van der Waals surface area contributed by atoms with E-state index in [1.807, 2.05) is 0 Å². The van der Waals surface area contributed by atoms with Crippen LogP contribution in [0.4, 0.5) is 0 Å². The molecule has 0 aliphatic carbocycles. The molecule has 0 N–H and O–H groups in total. The van der Waals surface area contributed by atoms with Gasteiger partial charge in [0.05, 0.1) is 0 Å². The van der Waals surface area contributed by atoms with Crippen molar-refractivity contribution in [1.29, 1.82) is 0 Å². The SMILES string of the molecule is CP(C)C.Cl.Cl.Cl. The second-order valence-corrected chi connectivity index (χ2v) is 4.02. The van der Waals surface area contributed by atoms with E-state index in [4.69, 9.17) is 0 Å². The van der Waals surface area contributed by atoms with Crippen molar-refractivity contribution >= 4 is 45.1 Å². The zero-order valence-corrected chi connectivity index (χ0v) is 8.02. The normalized spacial score (nSPS) is 5.14. The van der Waals surface area contributed by atoms with E-state index in [0.29, 0.717) is 7.92 Å². The lowest BCUT2D eigenvalue weighted by molar-refractivity contribution is 2.13. The Morgan fingerprint density at radius 2 is 0.714 bits per heavy atom. The van der Waals surface area contributed by atoms with Gasteiger partial charge in [-0.15, -0.1) is 45.1 Å². The fourth-order valence-corrected chi connectivity index (χ4v) is 0. The molecule has 0 atom stereocenters. The molecule has 0 nitrogen and oxygen atoms in total. The molecule has 0 heterocycles. The van der Waals surface area contributed by atoms with Crippen molar-refractivity contribution < 1.29 is 0 Å². The predicted molar refractivity (Wildman–Crippen MR) is 46.4 cm³/mol. The molecule has 0 rings (SSSR count). The summed E-state index contributed by atoms with van der Waals surface area (Å²) in [5.74, 6) is 0. The van der Waals surface area contributed by atoms with Gasteiger partial charge in [0.2, 0.25) is 0 Å². The predicted octanol–water partition coefficient (Wildman–Crippen LogP) is 2.62. The molecule has 0 radical (unpaired) electrons. The molecule has 0 aliphatic rings. The highest BCUT2D eigenvalue weighted by molar-refractivity contribution is 7.55. The minimum atomic E-state index is 0. The minimum Gasteiger partial charge on any atom is -0.147 e. The van der Waals surface area contributed by atoms with Crippen LogP contribution in [-0.4, -0.2) is 20.0 Å². The average molecular weight is 185 g/mol. The first-order valence-corrected chi connectivity index (χ1v) is 4.02. The van der Waals surface area contributed by atoms with Gasteiger partial charge in [-0.1, -0.05) is 0 Å². The Kier molecular flexibility index (Phi) is 53.5. The van der Waals surface area contributed by atoms with Gasteiger partial charge in [0, 0.05) is 0 Å². The Bertz CT molecular complexity index is 14.9. The van der Waals surface area contributed by atoms with Gasteiger partial charge in [-0.25, -0.2) is 0 Å². The summed E-state index contributed by atoms with van der Waals surface area (Å²) < 4.78 is 0. The Balaban J connectivity index is -0.0000000150. The van der Waals surface area contributed by atoms with E-state index in [1.54, 1.807) is 0 Å². The molecule has 0 aromatic heterocycles. The summed E-state index contributed by atoms with van der Waals surface area (Å²) in [5, 5.41) is 0. The van der Waals surface area contributed by atoms with E-state index >= 15 is 0 Å². The highest BCUT2D eigenvalue weighted by Crippen LogP contribution is 2.14. The lowest BCUT2D eigenvalue weighted by Crippen LogP contribution is -1.48. The van der Waals surface area contributed by atoms with Crippen molar-refractivity contribution in [2.45, 2.75) is 0 Å². The summed E-state index contributed by atoms with van der Waals surface area (Å²) in [4.78, 5) is 0. The number of halogens is 3. The van der Waals surface area contributed by atoms with E-state index in [9.17, 15) is 0 Å². The van der Waals surface area contributed by atoms with Crippen molar-refractivity contribution in [1.82, 2.24) is 0 Å². The Morgan fingerprint density at radius 1 is 0.714 bits per heavy atom. The first kappa shape index (κ1) is 23.9. The maximum atomic E-state index is 2.23. The maximum Gasteiger partial charge on any atom is -0.0449 e.